The summed E-state index contributed by atoms with van der Waals surface area (Å²) in [6, 6.07) is -0.0704. The zero-order chi connectivity index (χ0) is 12.4. The fourth-order valence-electron chi connectivity index (χ4n) is 2.25. The Morgan fingerprint density at radius 2 is 2.18 bits per heavy atom. The molecule has 2 saturated heterocycles. The Morgan fingerprint density at radius 1 is 1.41 bits per heavy atom. The molecule has 0 spiro atoms. The summed E-state index contributed by atoms with van der Waals surface area (Å²) in [6.45, 7) is 3.27. The van der Waals surface area contributed by atoms with Gasteiger partial charge in [-0.25, -0.2) is 4.79 Å². The molecule has 0 bridgehead atoms. The van der Waals surface area contributed by atoms with Crippen molar-refractivity contribution in [1.82, 2.24) is 9.80 Å². The first kappa shape index (κ1) is 12.7. The molecule has 2 atom stereocenters. The number of nitrogens with zero attached hydrogens (tertiary/aromatic N) is 2. The zero-order valence-electron chi connectivity index (χ0n) is 10.2. The quantitative estimate of drug-likeness (QED) is 0.695. The molecule has 5 nitrogen and oxygen atoms in total. The topological polar surface area (TPSA) is 49.9 Å². The lowest BCUT2D eigenvalue weighted by molar-refractivity contribution is -0.127. The average Bonchev–Trinajstić information content (AvgIpc) is 2.81. The van der Waals surface area contributed by atoms with E-state index in [2.05, 4.69) is 6.92 Å². The Balaban J connectivity index is 2.03. The van der Waals surface area contributed by atoms with E-state index in [-0.39, 0.29) is 24.5 Å². The van der Waals surface area contributed by atoms with Gasteiger partial charge in [-0.05, 0) is 11.7 Å². The number of thioether (sulfide) groups is 1. The van der Waals surface area contributed by atoms with Crippen molar-refractivity contribution in [2.45, 2.75) is 13.0 Å². The fourth-order valence-corrected chi connectivity index (χ4v) is 3.70. The SMILES string of the molecule is COCCN1CC(=O)N([C@H]2CSC[C@H]2C)C1=O. The maximum absolute atomic E-state index is 12.1. The number of hydrogen-bond acceptors (Lipinski definition) is 4. The van der Waals surface area contributed by atoms with Crippen LogP contribution in [0.1, 0.15) is 6.92 Å². The highest BCUT2D eigenvalue weighted by Gasteiger charge is 2.43. The summed E-state index contributed by atoms with van der Waals surface area (Å²) in [5.74, 6) is 2.23. The molecule has 0 aliphatic carbocycles. The zero-order valence-corrected chi connectivity index (χ0v) is 11.0. The molecule has 3 amide bonds. The molecule has 2 heterocycles. The summed E-state index contributed by atoms with van der Waals surface area (Å²) in [5.41, 5.74) is 0. The van der Waals surface area contributed by atoms with Crippen LogP contribution in [0.25, 0.3) is 0 Å². The van der Waals surface area contributed by atoms with Crippen LogP contribution in [-0.4, -0.2) is 66.1 Å². The lowest BCUT2D eigenvalue weighted by atomic mass is 10.1. The van der Waals surface area contributed by atoms with Crippen molar-refractivity contribution in [3.8, 4) is 0 Å². The standard InChI is InChI=1S/C11H18N2O3S/c1-8-6-17-7-9(8)13-10(14)5-12(11(13)15)3-4-16-2/h8-9H,3-7H2,1-2H3/t8-,9+/m1/s1. The molecule has 6 heteroatoms. The number of methoxy groups -OCH3 is 1. The van der Waals surface area contributed by atoms with Crippen LogP contribution in [0.5, 0.6) is 0 Å². The molecule has 0 N–H and O–H groups in total. The maximum Gasteiger partial charge on any atom is 0.327 e. The van der Waals surface area contributed by atoms with E-state index in [4.69, 9.17) is 4.74 Å². The second-order valence-corrected chi connectivity index (χ2v) is 5.62. The summed E-state index contributed by atoms with van der Waals surface area (Å²) >= 11 is 1.81. The van der Waals surface area contributed by atoms with Crippen LogP contribution in [0, 0.1) is 5.92 Å². The number of hydrogen-bond donors (Lipinski definition) is 0. The molecule has 2 aliphatic heterocycles. The third-order valence-electron chi connectivity index (χ3n) is 3.29. The Kier molecular flexibility index (Phi) is 3.93. The molecule has 0 saturated carbocycles. The summed E-state index contributed by atoms with van der Waals surface area (Å²) in [6.07, 6.45) is 0. The van der Waals surface area contributed by atoms with E-state index in [1.54, 1.807) is 12.0 Å². The lowest BCUT2D eigenvalue weighted by Gasteiger charge is -2.25. The highest BCUT2D eigenvalue weighted by Crippen LogP contribution is 2.30. The predicted octanol–water partition coefficient (Wildman–Crippen LogP) is 0.649. The molecular formula is C11H18N2O3S. The highest BCUT2D eigenvalue weighted by molar-refractivity contribution is 7.99. The minimum Gasteiger partial charge on any atom is -0.383 e. The first-order valence-corrected chi connectivity index (χ1v) is 6.98. The van der Waals surface area contributed by atoms with Crippen LogP contribution < -0.4 is 0 Å². The molecule has 0 unspecified atom stereocenters. The number of carbonyl (C=O) groups excluding carboxylic acids is 2. The first-order valence-electron chi connectivity index (χ1n) is 5.82. The van der Waals surface area contributed by atoms with Gasteiger partial charge in [-0.2, -0.15) is 11.8 Å². The number of urea groups is 1. The van der Waals surface area contributed by atoms with Crippen molar-refractivity contribution in [3.05, 3.63) is 0 Å². The van der Waals surface area contributed by atoms with Crippen LogP contribution in [0.3, 0.4) is 0 Å². The highest BCUT2D eigenvalue weighted by atomic mass is 32.2. The van der Waals surface area contributed by atoms with Crippen molar-refractivity contribution >= 4 is 23.7 Å². The van der Waals surface area contributed by atoms with Gasteiger partial charge in [0, 0.05) is 19.4 Å². The summed E-state index contributed by atoms with van der Waals surface area (Å²) < 4.78 is 4.94. The predicted molar refractivity (Wildman–Crippen MR) is 66.0 cm³/mol. The Labute approximate surface area is 105 Å². The Hall–Kier alpha value is -0.750. The van der Waals surface area contributed by atoms with Gasteiger partial charge >= 0.3 is 6.03 Å². The summed E-state index contributed by atoms with van der Waals surface area (Å²) in [5, 5.41) is 0. The van der Waals surface area contributed by atoms with Gasteiger partial charge in [-0.1, -0.05) is 6.92 Å². The van der Waals surface area contributed by atoms with Crippen LogP contribution >= 0.6 is 11.8 Å². The lowest BCUT2D eigenvalue weighted by Crippen LogP contribution is -2.44. The summed E-state index contributed by atoms with van der Waals surface area (Å²) in [7, 11) is 1.59. The van der Waals surface area contributed by atoms with E-state index >= 15 is 0 Å². The number of amides is 3. The third kappa shape index (κ3) is 2.42. The van der Waals surface area contributed by atoms with Gasteiger partial charge in [-0.15, -0.1) is 0 Å². The van der Waals surface area contributed by atoms with Gasteiger partial charge in [0.25, 0.3) is 5.91 Å². The van der Waals surface area contributed by atoms with Gasteiger partial charge in [0.2, 0.25) is 0 Å². The van der Waals surface area contributed by atoms with E-state index < -0.39 is 0 Å². The number of rotatable bonds is 4. The number of imide groups is 1. The molecule has 96 valence electrons. The second-order valence-electron chi connectivity index (χ2n) is 4.54. The minimum absolute atomic E-state index is 0.0644. The molecule has 0 aromatic heterocycles. The van der Waals surface area contributed by atoms with E-state index in [9.17, 15) is 9.59 Å². The normalized spacial score (nSPS) is 29.5. The van der Waals surface area contributed by atoms with Gasteiger partial charge < -0.3 is 9.64 Å². The molecule has 17 heavy (non-hydrogen) atoms. The molecule has 2 rings (SSSR count). The number of carbonyl (C=O) groups is 2. The van der Waals surface area contributed by atoms with Gasteiger partial charge in [0.15, 0.2) is 0 Å². The van der Waals surface area contributed by atoms with Crippen molar-refractivity contribution in [2.75, 3.05) is 38.3 Å². The van der Waals surface area contributed by atoms with E-state index in [1.165, 1.54) is 4.90 Å². The monoisotopic (exact) mass is 258 g/mol. The third-order valence-corrected chi connectivity index (χ3v) is 4.63. The largest absolute Gasteiger partial charge is 0.383 e. The van der Waals surface area contributed by atoms with E-state index in [0.717, 1.165) is 11.5 Å². The smallest absolute Gasteiger partial charge is 0.327 e. The van der Waals surface area contributed by atoms with E-state index in [1.807, 2.05) is 11.8 Å². The second kappa shape index (κ2) is 5.27. The number of ether oxygens (including phenoxy) is 1. The van der Waals surface area contributed by atoms with Crippen molar-refractivity contribution in [2.24, 2.45) is 5.92 Å². The molecule has 0 aromatic rings. The maximum atomic E-state index is 12.1. The Bertz CT molecular complexity index is 324. The van der Waals surface area contributed by atoms with Crippen LogP contribution in [0.4, 0.5) is 4.79 Å². The van der Waals surface area contributed by atoms with Crippen molar-refractivity contribution < 1.29 is 14.3 Å². The molecule has 2 fully saturated rings. The average molecular weight is 258 g/mol. The van der Waals surface area contributed by atoms with Gasteiger partial charge in [-0.3, -0.25) is 9.69 Å². The molecule has 2 aliphatic rings. The Morgan fingerprint density at radius 3 is 2.76 bits per heavy atom. The van der Waals surface area contributed by atoms with E-state index in [0.29, 0.717) is 19.1 Å². The van der Waals surface area contributed by atoms with Crippen molar-refractivity contribution in [3.63, 3.8) is 0 Å². The summed E-state index contributed by atoms with van der Waals surface area (Å²) in [4.78, 5) is 27.1. The van der Waals surface area contributed by atoms with Gasteiger partial charge in [0.1, 0.15) is 6.54 Å². The van der Waals surface area contributed by atoms with Crippen LogP contribution in [-0.2, 0) is 9.53 Å². The molecular weight excluding hydrogens is 240 g/mol. The molecule has 0 aromatic carbocycles. The first-order chi connectivity index (χ1) is 8.15. The minimum atomic E-state index is -0.147. The van der Waals surface area contributed by atoms with Gasteiger partial charge in [0.05, 0.1) is 12.6 Å². The molecule has 0 radical (unpaired) electrons. The van der Waals surface area contributed by atoms with Crippen molar-refractivity contribution in [1.29, 1.82) is 0 Å². The van der Waals surface area contributed by atoms with Crippen LogP contribution in [0.15, 0.2) is 0 Å². The van der Waals surface area contributed by atoms with Crippen LogP contribution in [0.2, 0.25) is 0 Å². The fraction of sp³-hybridized carbons (Fsp3) is 0.818.